The van der Waals surface area contributed by atoms with Crippen LogP contribution in [0.15, 0.2) is 33.7 Å². The molecule has 0 N–H and O–H groups in total. The van der Waals surface area contributed by atoms with Gasteiger partial charge in [-0.1, -0.05) is 12.2 Å². The first kappa shape index (κ1) is 16.8. The zero-order valence-corrected chi connectivity index (χ0v) is 15.8. The molecule has 4 nitrogen and oxygen atoms in total. The van der Waals surface area contributed by atoms with Crippen LogP contribution in [0.1, 0.15) is 35.6 Å². The van der Waals surface area contributed by atoms with Gasteiger partial charge >= 0.3 is 5.63 Å². The zero-order chi connectivity index (χ0) is 19.4. The Balaban J connectivity index is 1.87. The van der Waals surface area contributed by atoms with Crippen LogP contribution in [0.5, 0.6) is 11.5 Å². The van der Waals surface area contributed by atoms with Crippen molar-refractivity contribution in [1.82, 2.24) is 4.98 Å². The molecule has 0 bridgehead atoms. The summed E-state index contributed by atoms with van der Waals surface area (Å²) < 4.78 is 12.0. The van der Waals surface area contributed by atoms with Gasteiger partial charge in [0.15, 0.2) is 0 Å². The number of hydrogen-bond acceptors (Lipinski definition) is 4. The molecule has 0 atom stereocenters. The largest absolute Gasteiger partial charge is 0.455 e. The van der Waals surface area contributed by atoms with Gasteiger partial charge in [0.2, 0.25) is 0 Å². The molecule has 3 heterocycles. The van der Waals surface area contributed by atoms with E-state index in [1.807, 2.05) is 39.0 Å². The van der Waals surface area contributed by atoms with Gasteiger partial charge in [-0.3, -0.25) is 4.98 Å². The van der Waals surface area contributed by atoms with Crippen molar-refractivity contribution >= 4 is 17.7 Å². The van der Waals surface area contributed by atoms with E-state index >= 15 is 0 Å². The molecule has 3 aromatic rings. The monoisotopic (exact) mass is 367 g/mol. The van der Waals surface area contributed by atoms with E-state index in [9.17, 15) is 4.79 Å². The first-order chi connectivity index (χ1) is 13.6. The smallest absolute Gasteiger partial charge is 0.347 e. The molecule has 1 aliphatic carbocycles. The Labute approximate surface area is 162 Å². The van der Waals surface area contributed by atoms with Crippen LogP contribution in [0, 0.1) is 26.0 Å². The number of aromatic nitrogens is 1. The van der Waals surface area contributed by atoms with Gasteiger partial charge in [-0.15, -0.1) is 0 Å². The summed E-state index contributed by atoms with van der Waals surface area (Å²) in [4.78, 5) is 17.1. The van der Waals surface area contributed by atoms with Gasteiger partial charge < -0.3 is 9.15 Å². The lowest BCUT2D eigenvalue weighted by atomic mass is 9.92. The fraction of sp³-hybridized carbons (Fsp3) is 0.167. The van der Waals surface area contributed by atoms with Crippen molar-refractivity contribution < 1.29 is 9.15 Å². The number of allylic oxidation sites excluding steroid dienone is 1. The molecule has 2 aromatic heterocycles. The van der Waals surface area contributed by atoms with Gasteiger partial charge in [0.05, 0.1) is 0 Å². The highest BCUT2D eigenvalue weighted by Gasteiger charge is 2.27. The molecule has 2 aliphatic rings. The predicted octanol–water partition coefficient (Wildman–Crippen LogP) is 3.44. The summed E-state index contributed by atoms with van der Waals surface area (Å²) >= 11 is 0. The Morgan fingerprint density at radius 2 is 2.07 bits per heavy atom. The van der Waals surface area contributed by atoms with Crippen LogP contribution in [-0.2, 0) is 0 Å². The van der Waals surface area contributed by atoms with Crippen molar-refractivity contribution in [3.05, 3.63) is 79.8 Å². The number of pyridine rings is 1. The fourth-order valence-corrected chi connectivity index (χ4v) is 3.98. The van der Waals surface area contributed by atoms with E-state index < -0.39 is 5.63 Å². The second-order valence-electron chi connectivity index (χ2n) is 7.05. The molecular formula is C24H17NO3. The quantitative estimate of drug-likeness (QED) is 0.661. The lowest BCUT2D eigenvalue weighted by Gasteiger charge is -2.22. The van der Waals surface area contributed by atoms with Crippen LogP contribution in [0.4, 0.5) is 0 Å². The highest BCUT2D eigenvalue weighted by molar-refractivity contribution is 5.78. The van der Waals surface area contributed by atoms with E-state index in [1.54, 1.807) is 12.4 Å². The maximum Gasteiger partial charge on any atom is 0.347 e. The average Bonchev–Trinajstić information content (AvgIpc) is 2.71. The number of fused-ring (bicyclic) bond motifs is 4. The minimum Gasteiger partial charge on any atom is -0.455 e. The van der Waals surface area contributed by atoms with Crippen LogP contribution < -0.4 is 20.8 Å². The summed E-state index contributed by atoms with van der Waals surface area (Å²) in [5.41, 5.74) is 4.51. The summed E-state index contributed by atoms with van der Waals surface area (Å²) in [6, 6.07) is 7.03. The highest BCUT2D eigenvalue weighted by Crippen LogP contribution is 2.37. The Bertz CT molecular complexity index is 1350. The van der Waals surface area contributed by atoms with Crippen molar-refractivity contribution in [2.75, 3.05) is 0 Å². The highest BCUT2D eigenvalue weighted by atomic mass is 16.5. The van der Waals surface area contributed by atoms with Gasteiger partial charge in [0.25, 0.3) is 0 Å². The van der Waals surface area contributed by atoms with Gasteiger partial charge in [-0.05, 0) is 67.3 Å². The molecule has 0 fully saturated rings. The minimum atomic E-state index is -0.408. The molecule has 136 valence electrons. The van der Waals surface area contributed by atoms with E-state index in [0.717, 1.165) is 44.7 Å². The molecule has 0 saturated heterocycles. The first-order valence-corrected chi connectivity index (χ1v) is 9.16. The summed E-state index contributed by atoms with van der Waals surface area (Å²) in [7, 11) is 0. The number of aryl methyl sites for hydroxylation is 1. The number of benzene rings is 1. The van der Waals surface area contributed by atoms with Crippen molar-refractivity contribution in [2.45, 2.75) is 27.2 Å². The van der Waals surface area contributed by atoms with Gasteiger partial charge in [-0.2, -0.15) is 0 Å². The van der Waals surface area contributed by atoms with E-state index in [4.69, 9.17) is 9.15 Å². The molecule has 1 aliphatic heterocycles. The average molecular weight is 367 g/mol. The number of hydrogen-bond donors (Lipinski definition) is 0. The second kappa shape index (κ2) is 6.06. The number of rotatable bonds is 1. The number of nitrogens with zero attached hydrogens (tertiary/aromatic N) is 1. The van der Waals surface area contributed by atoms with Crippen LogP contribution in [0.2, 0.25) is 0 Å². The van der Waals surface area contributed by atoms with Crippen molar-refractivity contribution in [3.63, 3.8) is 0 Å². The Morgan fingerprint density at radius 1 is 1.21 bits per heavy atom. The topological polar surface area (TPSA) is 52.3 Å². The Morgan fingerprint density at radius 3 is 2.86 bits per heavy atom. The Kier molecular flexibility index (Phi) is 3.63. The van der Waals surface area contributed by atoms with E-state index in [2.05, 4.69) is 23.2 Å². The third-order valence-corrected chi connectivity index (χ3v) is 5.35. The molecular weight excluding hydrogens is 350 g/mol. The third kappa shape index (κ3) is 2.31. The predicted molar refractivity (Wildman–Crippen MR) is 107 cm³/mol. The second-order valence-corrected chi connectivity index (χ2v) is 7.05. The molecule has 0 unspecified atom stereocenters. The molecule has 4 heteroatoms. The van der Waals surface area contributed by atoms with E-state index in [0.29, 0.717) is 22.8 Å². The fourth-order valence-electron chi connectivity index (χ4n) is 3.98. The van der Waals surface area contributed by atoms with Crippen LogP contribution in [-0.4, -0.2) is 4.98 Å². The lowest BCUT2D eigenvalue weighted by Crippen LogP contribution is -2.36. The van der Waals surface area contributed by atoms with Crippen molar-refractivity contribution in [2.24, 2.45) is 0 Å². The summed E-state index contributed by atoms with van der Waals surface area (Å²) in [5.74, 6) is 1.67. The molecule has 0 amide bonds. The van der Waals surface area contributed by atoms with Crippen molar-refractivity contribution in [1.29, 1.82) is 0 Å². The van der Waals surface area contributed by atoms with E-state index in [-0.39, 0.29) is 0 Å². The van der Waals surface area contributed by atoms with Gasteiger partial charge in [-0.25, -0.2) is 4.79 Å². The zero-order valence-electron chi connectivity index (χ0n) is 15.8. The maximum absolute atomic E-state index is 12.9. The number of ether oxygens (including phenoxy) is 1. The minimum absolute atomic E-state index is 0.408. The molecule has 1 aromatic carbocycles. The van der Waals surface area contributed by atoms with Gasteiger partial charge in [0.1, 0.15) is 22.8 Å². The maximum atomic E-state index is 12.9. The molecule has 0 spiro atoms. The molecule has 2 radical (unpaired) electrons. The van der Waals surface area contributed by atoms with Crippen LogP contribution in [0.3, 0.4) is 0 Å². The molecule has 28 heavy (non-hydrogen) atoms. The van der Waals surface area contributed by atoms with Crippen LogP contribution in [0.25, 0.3) is 29.0 Å². The van der Waals surface area contributed by atoms with E-state index in [1.165, 1.54) is 0 Å². The Hall–Kier alpha value is -3.40. The molecule has 5 rings (SSSR count). The summed E-state index contributed by atoms with van der Waals surface area (Å²) in [5, 5.41) is 1.98. The van der Waals surface area contributed by atoms with Gasteiger partial charge in [0, 0.05) is 34.8 Å². The summed E-state index contributed by atoms with van der Waals surface area (Å²) in [6.45, 7) is 5.86. The third-order valence-electron chi connectivity index (χ3n) is 5.35. The SMILES string of the molecule is CC1=c2c([c]c(C)c3c2=CC[C]=C3)Oc2c(C)c(-c3cccnc3)oc(=O)c21. The first-order valence-electron chi connectivity index (χ1n) is 9.16. The summed E-state index contributed by atoms with van der Waals surface area (Å²) in [6.07, 6.45) is 11.4. The normalized spacial score (nSPS) is 13.9. The van der Waals surface area contributed by atoms with Crippen molar-refractivity contribution in [3.8, 4) is 22.8 Å². The standard InChI is InChI=1S/C24H17NO3/c1-13-11-19-20(18-9-5-4-8-17(13)18)14(2)21-23(27-19)15(3)22(28-24(21)26)16-7-6-10-25-12-16/h6-10,12H,5H2,1-3H3. The van der Waals surface area contributed by atoms with Crippen LogP contribution >= 0.6 is 0 Å². The molecule has 0 saturated carbocycles. The lowest BCUT2D eigenvalue weighted by molar-refractivity contribution is 0.441.